The Bertz CT molecular complexity index is 713. The summed E-state index contributed by atoms with van der Waals surface area (Å²) in [6.07, 6.45) is 10.8. The standard InChI is InChI=1S/C21H26N4O/c26-21(19-3-9-22-10-4-19)25-13-7-20(16-25)18-5-11-24(12-6-18)15-17-2-1-8-23-14-17/h1-4,8-10,14,18,20H,5-7,11-13,15-16H2. The van der Waals surface area contributed by atoms with Crippen LogP contribution in [0.15, 0.2) is 49.1 Å². The van der Waals surface area contributed by atoms with Crippen LogP contribution in [0.5, 0.6) is 0 Å². The van der Waals surface area contributed by atoms with Gasteiger partial charge in [0.05, 0.1) is 0 Å². The number of piperidine rings is 1. The van der Waals surface area contributed by atoms with Crippen LogP contribution in [0.1, 0.15) is 35.2 Å². The molecule has 2 aromatic heterocycles. The van der Waals surface area contributed by atoms with E-state index in [0.29, 0.717) is 5.92 Å². The van der Waals surface area contributed by atoms with E-state index in [2.05, 4.69) is 20.9 Å². The van der Waals surface area contributed by atoms with Crippen molar-refractivity contribution in [1.82, 2.24) is 19.8 Å². The second kappa shape index (κ2) is 7.96. The number of nitrogens with zero attached hydrogens (tertiary/aromatic N) is 4. The summed E-state index contributed by atoms with van der Waals surface area (Å²) in [5.74, 6) is 1.56. The maximum atomic E-state index is 12.6. The Labute approximate surface area is 155 Å². The summed E-state index contributed by atoms with van der Waals surface area (Å²) in [4.78, 5) is 25.4. The van der Waals surface area contributed by atoms with Crippen molar-refractivity contribution >= 4 is 5.91 Å². The highest BCUT2D eigenvalue weighted by Crippen LogP contribution is 2.32. The van der Waals surface area contributed by atoms with Gasteiger partial charge in [0.2, 0.25) is 0 Å². The third-order valence-corrected chi connectivity index (χ3v) is 5.87. The number of aromatic nitrogens is 2. The normalized spacial score (nSPS) is 21.8. The molecule has 0 aliphatic carbocycles. The molecule has 2 fully saturated rings. The molecule has 1 atom stereocenters. The number of hydrogen-bond donors (Lipinski definition) is 0. The molecule has 0 aromatic carbocycles. The van der Waals surface area contributed by atoms with Crippen LogP contribution in [0.4, 0.5) is 0 Å². The van der Waals surface area contributed by atoms with Crippen molar-refractivity contribution < 1.29 is 4.79 Å². The highest BCUT2D eigenvalue weighted by molar-refractivity contribution is 5.94. The van der Waals surface area contributed by atoms with E-state index in [1.165, 1.54) is 18.4 Å². The van der Waals surface area contributed by atoms with Crippen LogP contribution in [0.2, 0.25) is 0 Å². The molecule has 2 aliphatic heterocycles. The van der Waals surface area contributed by atoms with Gasteiger partial charge in [0, 0.05) is 50.0 Å². The summed E-state index contributed by atoms with van der Waals surface area (Å²) < 4.78 is 0. The zero-order valence-electron chi connectivity index (χ0n) is 15.1. The minimum Gasteiger partial charge on any atom is -0.338 e. The van der Waals surface area contributed by atoms with Gasteiger partial charge < -0.3 is 4.90 Å². The number of carbonyl (C=O) groups excluding carboxylic acids is 1. The topological polar surface area (TPSA) is 49.3 Å². The summed E-state index contributed by atoms with van der Waals surface area (Å²) in [6.45, 7) is 5.09. The van der Waals surface area contributed by atoms with Gasteiger partial charge >= 0.3 is 0 Å². The molecule has 0 saturated carbocycles. The number of likely N-dealkylation sites (tertiary alicyclic amines) is 2. The predicted octanol–water partition coefficient (Wildman–Crippen LogP) is 2.85. The maximum absolute atomic E-state index is 12.6. The van der Waals surface area contributed by atoms with Crippen molar-refractivity contribution in [3.05, 3.63) is 60.2 Å². The fourth-order valence-corrected chi connectivity index (χ4v) is 4.37. The Kier molecular flexibility index (Phi) is 5.25. The Morgan fingerprint density at radius 1 is 0.962 bits per heavy atom. The fraction of sp³-hybridized carbons (Fsp3) is 0.476. The maximum Gasteiger partial charge on any atom is 0.253 e. The average Bonchev–Trinajstić information content (AvgIpc) is 3.20. The van der Waals surface area contributed by atoms with Gasteiger partial charge in [0.1, 0.15) is 0 Å². The first-order chi connectivity index (χ1) is 12.8. The summed E-state index contributed by atoms with van der Waals surface area (Å²) in [5.41, 5.74) is 2.05. The third-order valence-electron chi connectivity index (χ3n) is 5.87. The summed E-state index contributed by atoms with van der Waals surface area (Å²) in [5, 5.41) is 0. The van der Waals surface area contributed by atoms with E-state index in [4.69, 9.17) is 0 Å². The molecule has 136 valence electrons. The molecule has 26 heavy (non-hydrogen) atoms. The molecule has 0 radical (unpaired) electrons. The summed E-state index contributed by atoms with van der Waals surface area (Å²) in [7, 11) is 0. The van der Waals surface area contributed by atoms with Crippen LogP contribution in [0.25, 0.3) is 0 Å². The van der Waals surface area contributed by atoms with Gasteiger partial charge in [-0.3, -0.25) is 19.7 Å². The van der Waals surface area contributed by atoms with E-state index in [0.717, 1.165) is 50.6 Å². The van der Waals surface area contributed by atoms with E-state index >= 15 is 0 Å². The third kappa shape index (κ3) is 3.93. The first-order valence-corrected chi connectivity index (χ1v) is 9.60. The highest BCUT2D eigenvalue weighted by Gasteiger charge is 2.33. The van der Waals surface area contributed by atoms with E-state index in [-0.39, 0.29) is 5.91 Å². The SMILES string of the molecule is O=C(c1ccncc1)N1CCC(C2CCN(Cc3cccnc3)CC2)C1. The summed E-state index contributed by atoms with van der Waals surface area (Å²) >= 11 is 0. The molecule has 0 spiro atoms. The van der Waals surface area contributed by atoms with Crippen molar-refractivity contribution in [1.29, 1.82) is 0 Å². The number of carbonyl (C=O) groups is 1. The van der Waals surface area contributed by atoms with Crippen molar-refractivity contribution in [2.24, 2.45) is 11.8 Å². The summed E-state index contributed by atoms with van der Waals surface area (Å²) in [6, 6.07) is 7.78. The molecule has 2 aromatic rings. The lowest BCUT2D eigenvalue weighted by Crippen LogP contribution is -2.37. The van der Waals surface area contributed by atoms with Gasteiger partial charge in [-0.1, -0.05) is 6.07 Å². The lowest BCUT2D eigenvalue weighted by atomic mass is 9.83. The van der Waals surface area contributed by atoms with E-state index in [1.807, 2.05) is 35.5 Å². The molecule has 1 unspecified atom stereocenters. The van der Waals surface area contributed by atoms with Crippen LogP contribution in [0, 0.1) is 11.8 Å². The van der Waals surface area contributed by atoms with Gasteiger partial charge in [-0.25, -0.2) is 0 Å². The molecule has 0 bridgehead atoms. The largest absolute Gasteiger partial charge is 0.338 e. The van der Waals surface area contributed by atoms with Crippen LogP contribution in [-0.2, 0) is 6.54 Å². The molecule has 5 heteroatoms. The molecule has 4 heterocycles. The van der Waals surface area contributed by atoms with Crippen molar-refractivity contribution in [2.45, 2.75) is 25.8 Å². The second-order valence-corrected chi connectivity index (χ2v) is 7.51. The van der Waals surface area contributed by atoms with Crippen molar-refractivity contribution in [3.8, 4) is 0 Å². The second-order valence-electron chi connectivity index (χ2n) is 7.51. The van der Waals surface area contributed by atoms with E-state index in [1.54, 1.807) is 12.4 Å². The van der Waals surface area contributed by atoms with Crippen LogP contribution in [0.3, 0.4) is 0 Å². The molecular weight excluding hydrogens is 324 g/mol. The first-order valence-electron chi connectivity index (χ1n) is 9.60. The molecule has 2 saturated heterocycles. The van der Waals surface area contributed by atoms with E-state index < -0.39 is 0 Å². The quantitative estimate of drug-likeness (QED) is 0.851. The lowest BCUT2D eigenvalue weighted by molar-refractivity contribution is 0.0773. The van der Waals surface area contributed by atoms with Crippen molar-refractivity contribution in [3.63, 3.8) is 0 Å². The molecule has 5 nitrogen and oxygen atoms in total. The molecule has 4 rings (SSSR count). The average molecular weight is 350 g/mol. The number of pyridine rings is 2. The van der Waals surface area contributed by atoms with Gasteiger partial charge in [-0.05, 0) is 68.0 Å². The fourth-order valence-electron chi connectivity index (χ4n) is 4.37. The first kappa shape index (κ1) is 17.2. The Morgan fingerprint density at radius 3 is 2.46 bits per heavy atom. The molecule has 1 amide bonds. The van der Waals surface area contributed by atoms with Gasteiger partial charge in [-0.15, -0.1) is 0 Å². The van der Waals surface area contributed by atoms with Crippen LogP contribution < -0.4 is 0 Å². The van der Waals surface area contributed by atoms with Gasteiger partial charge in [0.15, 0.2) is 0 Å². The molecular formula is C21H26N4O. The number of amides is 1. The highest BCUT2D eigenvalue weighted by atomic mass is 16.2. The lowest BCUT2D eigenvalue weighted by Gasteiger charge is -2.34. The smallest absolute Gasteiger partial charge is 0.253 e. The van der Waals surface area contributed by atoms with Gasteiger partial charge in [0.25, 0.3) is 5.91 Å². The van der Waals surface area contributed by atoms with E-state index in [9.17, 15) is 4.79 Å². The predicted molar refractivity (Wildman–Crippen MR) is 100 cm³/mol. The molecule has 0 N–H and O–H groups in total. The minimum absolute atomic E-state index is 0.156. The Balaban J connectivity index is 1.27. The van der Waals surface area contributed by atoms with Crippen LogP contribution >= 0.6 is 0 Å². The zero-order chi connectivity index (χ0) is 17.8. The number of hydrogen-bond acceptors (Lipinski definition) is 4. The Hall–Kier alpha value is -2.27. The van der Waals surface area contributed by atoms with Crippen LogP contribution in [-0.4, -0.2) is 51.9 Å². The van der Waals surface area contributed by atoms with Crippen molar-refractivity contribution in [2.75, 3.05) is 26.2 Å². The Morgan fingerprint density at radius 2 is 1.73 bits per heavy atom. The molecule has 2 aliphatic rings. The van der Waals surface area contributed by atoms with Gasteiger partial charge in [-0.2, -0.15) is 0 Å². The number of rotatable bonds is 4. The minimum atomic E-state index is 0.156. The zero-order valence-corrected chi connectivity index (χ0v) is 15.1. The monoisotopic (exact) mass is 350 g/mol.